The lowest BCUT2D eigenvalue weighted by atomic mass is 10.2. The highest BCUT2D eigenvalue weighted by molar-refractivity contribution is 7.89. The molecule has 0 fully saturated rings. The van der Waals surface area contributed by atoms with Crippen LogP contribution in [-0.2, 0) is 32.7 Å². The van der Waals surface area contributed by atoms with Crippen molar-refractivity contribution in [3.8, 4) is 5.75 Å². The molecule has 10 nitrogen and oxygen atoms in total. The van der Waals surface area contributed by atoms with E-state index in [0.29, 0.717) is 17.2 Å². The predicted octanol–water partition coefficient (Wildman–Crippen LogP) is 4.38. The summed E-state index contributed by atoms with van der Waals surface area (Å²) in [6.07, 6.45) is 1.22. The van der Waals surface area contributed by atoms with Crippen LogP contribution >= 0.6 is 0 Å². The topological polar surface area (TPSA) is 130 Å². The number of anilines is 1. The van der Waals surface area contributed by atoms with Gasteiger partial charge in [-0.25, -0.2) is 13.8 Å². The lowest BCUT2D eigenvalue weighted by Crippen LogP contribution is -2.32. The molecule has 0 aliphatic rings. The minimum absolute atomic E-state index is 0.0357. The van der Waals surface area contributed by atoms with Crippen molar-refractivity contribution in [2.24, 2.45) is 5.10 Å². The van der Waals surface area contributed by atoms with Crippen molar-refractivity contribution in [2.45, 2.75) is 31.8 Å². The zero-order valence-corrected chi connectivity index (χ0v) is 23.6. The molecular weight excluding hydrogens is 544 g/mol. The van der Waals surface area contributed by atoms with Gasteiger partial charge in [-0.05, 0) is 61.4 Å². The van der Waals surface area contributed by atoms with Crippen LogP contribution in [0.5, 0.6) is 5.75 Å². The zero-order chi connectivity index (χ0) is 29.4. The molecule has 0 saturated heterocycles. The Bertz CT molecular complexity index is 1650. The summed E-state index contributed by atoms with van der Waals surface area (Å²) in [7, 11) is -2.39. The summed E-state index contributed by atoms with van der Waals surface area (Å²) in [4.78, 5) is 24.7. The van der Waals surface area contributed by atoms with Gasteiger partial charge in [0.05, 0.1) is 30.5 Å². The van der Waals surface area contributed by atoms with E-state index in [1.54, 1.807) is 48.5 Å². The lowest BCUT2D eigenvalue weighted by Gasteiger charge is -2.21. The minimum atomic E-state index is -3.85. The van der Waals surface area contributed by atoms with Crippen LogP contribution in [0.2, 0.25) is 0 Å². The van der Waals surface area contributed by atoms with Crippen molar-refractivity contribution in [2.75, 3.05) is 12.4 Å². The second kappa shape index (κ2) is 13.1. The predicted molar refractivity (Wildman–Crippen MR) is 155 cm³/mol. The number of sulfonamides is 1. The van der Waals surface area contributed by atoms with Crippen LogP contribution in [0.1, 0.15) is 28.2 Å². The summed E-state index contributed by atoms with van der Waals surface area (Å²) in [6.45, 7) is 3.83. The molecule has 0 radical (unpaired) electrons. The van der Waals surface area contributed by atoms with Crippen LogP contribution in [-0.4, -0.2) is 37.9 Å². The van der Waals surface area contributed by atoms with E-state index in [0.717, 1.165) is 16.7 Å². The van der Waals surface area contributed by atoms with Crippen molar-refractivity contribution >= 4 is 33.7 Å². The van der Waals surface area contributed by atoms with Gasteiger partial charge in [-0.1, -0.05) is 54.1 Å². The first kappa shape index (κ1) is 29.2. The Kier molecular flexibility index (Phi) is 9.33. The number of hydrogen-bond acceptors (Lipinski definition) is 7. The number of benzene rings is 3. The van der Waals surface area contributed by atoms with E-state index in [9.17, 15) is 18.0 Å². The molecule has 212 valence electrons. The Hall–Kier alpha value is -4.74. The fourth-order valence-corrected chi connectivity index (χ4v) is 5.29. The summed E-state index contributed by atoms with van der Waals surface area (Å²) in [5.74, 6) is -0.880. The second-order valence-electron chi connectivity index (χ2n) is 9.23. The van der Waals surface area contributed by atoms with E-state index in [1.807, 2.05) is 50.2 Å². The third-order valence-electron chi connectivity index (χ3n) is 6.04. The molecule has 2 amide bonds. The van der Waals surface area contributed by atoms with E-state index < -0.39 is 21.8 Å². The number of rotatable bonds is 10. The van der Waals surface area contributed by atoms with Gasteiger partial charge in [-0.15, -0.1) is 0 Å². The third-order valence-corrected chi connectivity index (χ3v) is 7.85. The first-order valence-electron chi connectivity index (χ1n) is 12.6. The Morgan fingerprint density at radius 1 is 0.902 bits per heavy atom. The van der Waals surface area contributed by atoms with Gasteiger partial charge in [-0.3, -0.25) is 9.59 Å². The normalized spacial score (nSPS) is 11.5. The Morgan fingerprint density at radius 2 is 1.61 bits per heavy atom. The highest BCUT2D eigenvalue weighted by atomic mass is 32.2. The number of carbonyl (C=O) groups excluding carboxylic acids is 2. The Labute approximate surface area is 238 Å². The number of carbonyl (C=O) groups is 2. The number of nitrogens with zero attached hydrogens (tertiary/aromatic N) is 2. The maximum Gasteiger partial charge on any atom is 0.329 e. The molecule has 0 atom stereocenters. The molecule has 0 aliphatic heterocycles. The fourth-order valence-electron chi connectivity index (χ4n) is 3.90. The molecule has 4 rings (SSSR count). The van der Waals surface area contributed by atoms with Crippen LogP contribution < -0.4 is 15.5 Å². The van der Waals surface area contributed by atoms with Gasteiger partial charge in [0, 0.05) is 6.54 Å². The van der Waals surface area contributed by atoms with Crippen molar-refractivity contribution in [1.82, 2.24) is 9.73 Å². The van der Waals surface area contributed by atoms with Gasteiger partial charge >= 0.3 is 11.8 Å². The van der Waals surface area contributed by atoms with E-state index in [4.69, 9.17) is 9.15 Å². The number of hydrazone groups is 1. The van der Waals surface area contributed by atoms with Crippen molar-refractivity contribution in [1.29, 1.82) is 0 Å². The van der Waals surface area contributed by atoms with Gasteiger partial charge in [0.1, 0.15) is 17.3 Å². The molecule has 11 heteroatoms. The molecule has 0 spiro atoms. The number of nitrogens with one attached hydrogen (secondary N) is 2. The molecule has 1 heterocycles. The van der Waals surface area contributed by atoms with E-state index in [1.165, 1.54) is 17.6 Å². The molecule has 2 N–H and O–H groups in total. The Balaban J connectivity index is 1.43. The standard InChI is InChI=1S/C30H30N4O6S/c1-21-9-14-26(15-10-21)41(37,38)34(19-23-7-5-4-6-8-23)20-25-13-12-24(40-25)18-31-33-30(36)29(35)32-27-17-22(2)11-16-28(27)39-3/h4-18H,19-20H2,1-3H3,(H,32,35)(H,33,36)/b31-18+. The van der Waals surface area contributed by atoms with Gasteiger partial charge in [-0.2, -0.15) is 9.41 Å². The van der Waals surface area contributed by atoms with Gasteiger partial charge < -0.3 is 14.5 Å². The van der Waals surface area contributed by atoms with Crippen molar-refractivity contribution in [3.05, 3.63) is 113 Å². The highest BCUT2D eigenvalue weighted by Crippen LogP contribution is 2.25. The number of methoxy groups -OCH3 is 1. The van der Waals surface area contributed by atoms with Crippen LogP contribution in [0, 0.1) is 13.8 Å². The van der Waals surface area contributed by atoms with E-state index in [-0.39, 0.29) is 23.7 Å². The quantitative estimate of drug-likeness (QED) is 0.164. The average Bonchev–Trinajstić information content (AvgIpc) is 3.40. The molecular formula is C30H30N4O6S. The van der Waals surface area contributed by atoms with Gasteiger partial charge in [0.2, 0.25) is 10.0 Å². The highest BCUT2D eigenvalue weighted by Gasteiger charge is 2.26. The summed E-state index contributed by atoms with van der Waals surface area (Å²) in [5.41, 5.74) is 5.15. The minimum Gasteiger partial charge on any atom is -0.495 e. The third kappa shape index (κ3) is 7.68. The number of aryl methyl sites for hydroxylation is 2. The van der Waals surface area contributed by atoms with Crippen LogP contribution in [0.3, 0.4) is 0 Å². The van der Waals surface area contributed by atoms with Crippen LogP contribution in [0.25, 0.3) is 0 Å². The SMILES string of the molecule is COc1ccc(C)cc1NC(=O)C(=O)N/N=C/c1ccc(CN(Cc2ccccc2)S(=O)(=O)c2ccc(C)cc2)o1. The molecule has 0 aliphatic carbocycles. The first-order chi connectivity index (χ1) is 19.7. The first-order valence-corrected chi connectivity index (χ1v) is 14.1. The largest absolute Gasteiger partial charge is 0.495 e. The number of furan rings is 1. The van der Waals surface area contributed by atoms with E-state index in [2.05, 4.69) is 15.8 Å². The molecule has 4 aromatic rings. The second-order valence-corrected chi connectivity index (χ2v) is 11.2. The summed E-state index contributed by atoms with van der Waals surface area (Å²) in [5, 5.41) is 6.28. The average molecular weight is 575 g/mol. The summed E-state index contributed by atoms with van der Waals surface area (Å²) in [6, 6.07) is 24.3. The van der Waals surface area contributed by atoms with Crippen LogP contribution in [0.15, 0.2) is 99.3 Å². The number of ether oxygens (including phenoxy) is 1. The molecule has 3 aromatic carbocycles. The maximum absolute atomic E-state index is 13.5. The lowest BCUT2D eigenvalue weighted by molar-refractivity contribution is -0.136. The molecule has 1 aromatic heterocycles. The summed E-state index contributed by atoms with van der Waals surface area (Å²) >= 11 is 0. The van der Waals surface area contributed by atoms with Crippen molar-refractivity contribution in [3.63, 3.8) is 0 Å². The maximum atomic E-state index is 13.5. The fraction of sp³-hybridized carbons (Fsp3) is 0.167. The smallest absolute Gasteiger partial charge is 0.329 e. The molecule has 0 bridgehead atoms. The van der Waals surface area contributed by atoms with Gasteiger partial charge in [0.25, 0.3) is 0 Å². The molecule has 0 saturated carbocycles. The molecule has 0 unspecified atom stereocenters. The monoisotopic (exact) mass is 574 g/mol. The van der Waals surface area contributed by atoms with Crippen molar-refractivity contribution < 1.29 is 27.2 Å². The number of amides is 2. The zero-order valence-electron chi connectivity index (χ0n) is 22.8. The molecule has 41 heavy (non-hydrogen) atoms. The van der Waals surface area contributed by atoms with E-state index >= 15 is 0 Å². The number of hydrogen-bond donors (Lipinski definition) is 2. The Morgan fingerprint density at radius 3 is 2.32 bits per heavy atom. The van der Waals surface area contributed by atoms with Gasteiger partial charge in [0.15, 0.2) is 0 Å². The van der Waals surface area contributed by atoms with Crippen LogP contribution in [0.4, 0.5) is 5.69 Å². The summed E-state index contributed by atoms with van der Waals surface area (Å²) < 4.78 is 39.3.